The average molecular weight is 297 g/mol. The van der Waals surface area contributed by atoms with Crippen LogP contribution in [0.3, 0.4) is 0 Å². The van der Waals surface area contributed by atoms with Gasteiger partial charge in [0.2, 0.25) is 0 Å². The standard InChI is InChI=1S/C13H13ClN2O2S/c14-11-3-9(4-12-13(11)18-2-1-17-12)5-15-6-10-7-16-8-19-10/h3-4,7-8,15H,1-2,5-6H2. The van der Waals surface area contributed by atoms with Crippen molar-refractivity contribution in [2.24, 2.45) is 0 Å². The molecule has 3 rings (SSSR count). The molecule has 0 aliphatic carbocycles. The first kappa shape index (κ1) is 12.7. The minimum absolute atomic E-state index is 0.551. The third-order valence-electron chi connectivity index (χ3n) is 2.77. The van der Waals surface area contributed by atoms with Gasteiger partial charge >= 0.3 is 0 Å². The highest BCUT2D eigenvalue weighted by Crippen LogP contribution is 2.38. The van der Waals surface area contributed by atoms with Crippen LogP contribution in [0, 0.1) is 0 Å². The van der Waals surface area contributed by atoms with Crippen molar-refractivity contribution >= 4 is 22.9 Å². The lowest BCUT2D eigenvalue weighted by Gasteiger charge is -2.20. The summed E-state index contributed by atoms with van der Waals surface area (Å²) in [6.45, 7) is 2.65. The summed E-state index contributed by atoms with van der Waals surface area (Å²) in [5.41, 5.74) is 2.91. The highest BCUT2D eigenvalue weighted by atomic mass is 35.5. The minimum atomic E-state index is 0.551. The van der Waals surface area contributed by atoms with Crippen LogP contribution in [0.1, 0.15) is 10.4 Å². The summed E-state index contributed by atoms with van der Waals surface area (Å²) in [5.74, 6) is 1.38. The minimum Gasteiger partial charge on any atom is -0.486 e. The van der Waals surface area contributed by atoms with E-state index in [-0.39, 0.29) is 0 Å². The van der Waals surface area contributed by atoms with E-state index in [1.807, 2.05) is 23.8 Å². The van der Waals surface area contributed by atoms with Gasteiger partial charge in [-0.25, -0.2) is 0 Å². The Hall–Kier alpha value is -1.30. The Balaban J connectivity index is 1.66. The molecular formula is C13H13ClN2O2S. The lowest BCUT2D eigenvalue weighted by atomic mass is 10.2. The first-order chi connectivity index (χ1) is 9.33. The SMILES string of the molecule is Clc1cc(CNCc2cncs2)cc2c1OCCO2. The van der Waals surface area contributed by atoms with Gasteiger partial charge in [0.15, 0.2) is 11.5 Å². The van der Waals surface area contributed by atoms with Gasteiger partial charge in [0.25, 0.3) is 0 Å². The second kappa shape index (κ2) is 5.77. The lowest BCUT2D eigenvalue weighted by molar-refractivity contribution is 0.171. The van der Waals surface area contributed by atoms with Crippen LogP contribution in [0.15, 0.2) is 23.8 Å². The molecule has 100 valence electrons. The molecule has 1 aliphatic rings. The zero-order valence-corrected chi connectivity index (χ0v) is 11.8. The van der Waals surface area contributed by atoms with E-state index in [0.29, 0.717) is 24.0 Å². The molecule has 6 heteroatoms. The number of nitrogens with one attached hydrogen (secondary N) is 1. The summed E-state index contributed by atoms with van der Waals surface area (Å²) in [6, 6.07) is 3.88. The van der Waals surface area contributed by atoms with Gasteiger partial charge in [-0.1, -0.05) is 11.6 Å². The fraction of sp³-hybridized carbons (Fsp3) is 0.308. The summed E-state index contributed by atoms with van der Waals surface area (Å²) in [6.07, 6.45) is 1.87. The molecule has 0 unspecified atom stereocenters. The van der Waals surface area contributed by atoms with Crippen molar-refractivity contribution in [3.63, 3.8) is 0 Å². The zero-order chi connectivity index (χ0) is 13.1. The second-order valence-corrected chi connectivity index (χ2v) is 5.55. The van der Waals surface area contributed by atoms with Gasteiger partial charge in [-0.2, -0.15) is 0 Å². The molecule has 1 aliphatic heterocycles. The molecule has 1 aromatic carbocycles. The van der Waals surface area contributed by atoms with Gasteiger partial charge < -0.3 is 14.8 Å². The second-order valence-electron chi connectivity index (χ2n) is 4.17. The van der Waals surface area contributed by atoms with E-state index in [2.05, 4.69) is 10.3 Å². The van der Waals surface area contributed by atoms with Crippen LogP contribution in [0.2, 0.25) is 5.02 Å². The molecule has 19 heavy (non-hydrogen) atoms. The quantitative estimate of drug-likeness (QED) is 0.942. The summed E-state index contributed by atoms with van der Waals surface area (Å²) in [4.78, 5) is 5.25. The summed E-state index contributed by atoms with van der Waals surface area (Å²) >= 11 is 7.82. The molecule has 4 nitrogen and oxygen atoms in total. The van der Waals surface area contributed by atoms with Gasteiger partial charge in [0.1, 0.15) is 13.2 Å². The number of benzene rings is 1. The Morgan fingerprint density at radius 1 is 1.26 bits per heavy atom. The van der Waals surface area contributed by atoms with Gasteiger partial charge in [0.05, 0.1) is 10.5 Å². The molecule has 0 bridgehead atoms. The van der Waals surface area contributed by atoms with Crippen molar-refractivity contribution in [2.75, 3.05) is 13.2 Å². The summed E-state index contributed by atoms with van der Waals surface area (Å²) in [7, 11) is 0. The van der Waals surface area contributed by atoms with Crippen LogP contribution in [0.25, 0.3) is 0 Å². The Kier molecular flexibility index (Phi) is 3.87. The third-order valence-corrected chi connectivity index (χ3v) is 3.83. The maximum Gasteiger partial charge on any atom is 0.179 e. The average Bonchev–Trinajstić information content (AvgIpc) is 2.92. The Bertz CT molecular complexity index is 560. The van der Waals surface area contributed by atoms with Gasteiger partial charge in [-0.15, -0.1) is 11.3 Å². The normalized spacial score (nSPS) is 13.5. The monoisotopic (exact) mass is 296 g/mol. The number of rotatable bonds is 4. The van der Waals surface area contributed by atoms with E-state index in [4.69, 9.17) is 21.1 Å². The largest absolute Gasteiger partial charge is 0.486 e. The van der Waals surface area contributed by atoms with Crippen molar-refractivity contribution in [1.29, 1.82) is 0 Å². The van der Waals surface area contributed by atoms with E-state index in [1.54, 1.807) is 11.3 Å². The highest BCUT2D eigenvalue weighted by Gasteiger charge is 2.16. The fourth-order valence-electron chi connectivity index (χ4n) is 1.93. The first-order valence-corrected chi connectivity index (χ1v) is 7.25. The maximum atomic E-state index is 6.19. The van der Waals surface area contributed by atoms with Gasteiger partial charge in [-0.05, 0) is 17.7 Å². The van der Waals surface area contributed by atoms with E-state index < -0.39 is 0 Å². The molecule has 1 N–H and O–H groups in total. The number of aromatic nitrogens is 1. The van der Waals surface area contributed by atoms with E-state index in [9.17, 15) is 0 Å². The van der Waals surface area contributed by atoms with Crippen molar-refractivity contribution < 1.29 is 9.47 Å². The molecule has 0 saturated heterocycles. The molecule has 0 saturated carbocycles. The molecule has 0 amide bonds. The zero-order valence-electron chi connectivity index (χ0n) is 10.2. The number of hydrogen-bond acceptors (Lipinski definition) is 5. The molecule has 0 radical (unpaired) electrons. The van der Waals surface area contributed by atoms with Crippen LogP contribution < -0.4 is 14.8 Å². The van der Waals surface area contributed by atoms with Crippen LogP contribution in [0.4, 0.5) is 0 Å². The number of fused-ring (bicyclic) bond motifs is 1. The molecule has 2 heterocycles. The first-order valence-electron chi connectivity index (χ1n) is 5.99. The van der Waals surface area contributed by atoms with Crippen molar-refractivity contribution in [1.82, 2.24) is 10.3 Å². The van der Waals surface area contributed by atoms with Crippen LogP contribution >= 0.6 is 22.9 Å². The fourth-order valence-corrected chi connectivity index (χ4v) is 2.78. The number of nitrogens with zero attached hydrogens (tertiary/aromatic N) is 1. The van der Waals surface area contributed by atoms with Crippen LogP contribution in [-0.2, 0) is 13.1 Å². The Morgan fingerprint density at radius 2 is 2.16 bits per heavy atom. The Morgan fingerprint density at radius 3 is 3.00 bits per heavy atom. The van der Waals surface area contributed by atoms with Crippen LogP contribution in [0.5, 0.6) is 11.5 Å². The van der Waals surface area contributed by atoms with Crippen molar-refractivity contribution in [3.05, 3.63) is 39.3 Å². The van der Waals surface area contributed by atoms with Gasteiger partial charge in [-0.3, -0.25) is 4.98 Å². The molecule has 2 aromatic rings. The predicted molar refractivity (Wildman–Crippen MR) is 75.1 cm³/mol. The predicted octanol–water partition coefficient (Wildman–Crippen LogP) is 2.86. The summed E-state index contributed by atoms with van der Waals surface area (Å²) < 4.78 is 11.0. The van der Waals surface area contributed by atoms with Crippen molar-refractivity contribution in [2.45, 2.75) is 13.1 Å². The number of hydrogen-bond donors (Lipinski definition) is 1. The molecule has 0 spiro atoms. The topological polar surface area (TPSA) is 43.4 Å². The Labute approximate surface area is 120 Å². The molecular weight excluding hydrogens is 284 g/mol. The highest BCUT2D eigenvalue weighted by molar-refractivity contribution is 7.09. The van der Waals surface area contributed by atoms with E-state index in [1.165, 1.54) is 4.88 Å². The number of thiazole rings is 1. The van der Waals surface area contributed by atoms with Crippen molar-refractivity contribution in [3.8, 4) is 11.5 Å². The van der Waals surface area contributed by atoms with Gasteiger partial charge in [0, 0.05) is 24.2 Å². The van der Waals surface area contributed by atoms with E-state index in [0.717, 1.165) is 24.4 Å². The number of halogens is 1. The molecule has 1 aromatic heterocycles. The maximum absolute atomic E-state index is 6.19. The van der Waals surface area contributed by atoms with E-state index >= 15 is 0 Å². The molecule has 0 atom stereocenters. The third kappa shape index (κ3) is 3.00. The number of ether oxygens (including phenoxy) is 2. The molecule has 0 fully saturated rings. The lowest BCUT2D eigenvalue weighted by Crippen LogP contribution is -2.17. The van der Waals surface area contributed by atoms with Crippen LogP contribution in [-0.4, -0.2) is 18.2 Å². The summed E-state index contributed by atoms with van der Waals surface area (Å²) in [5, 5.41) is 3.96. The smallest absolute Gasteiger partial charge is 0.179 e.